The van der Waals surface area contributed by atoms with Gasteiger partial charge in [0.2, 0.25) is 5.91 Å². The summed E-state index contributed by atoms with van der Waals surface area (Å²) in [5.74, 6) is 0.192. The summed E-state index contributed by atoms with van der Waals surface area (Å²) in [6.45, 7) is 4.40. The second-order valence-electron chi connectivity index (χ2n) is 3.96. The van der Waals surface area contributed by atoms with Gasteiger partial charge in [0.25, 0.3) is 0 Å². The van der Waals surface area contributed by atoms with Gasteiger partial charge in [0, 0.05) is 34.4 Å². The van der Waals surface area contributed by atoms with Crippen molar-refractivity contribution in [3.8, 4) is 0 Å². The van der Waals surface area contributed by atoms with Crippen molar-refractivity contribution < 1.29 is 19.0 Å². The molecule has 16 heavy (non-hydrogen) atoms. The Morgan fingerprint density at radius 2 is 1.75 bits per heavy atom. The fourth-order valence-electron chi connectivity index (χ4n) is 1.55. The minimum Gasteiger partial charge on any atom is -0.384 e. The molecule has 0 aliphatic heterocycles. The Balaban J connectivity index is 3.94. The first-order chi connectivity index (χ1) is 7.54. The van der Waals surface area contributed by atoms with E-state index in [0.29, 0.717) is 13.0 Å². The molecule has 0 aliphatic carbocycles. The molecule has 0 heterocycles. The smallest absolute Gasteiger partial charge is 0.220 e. The van der Waals surface area contributed by atoms with Gasteiger partial charge in [0.15, 0.2) is 6.29 Å². The zero-order chi connectivity index (χ0) is 12.6. The number of carbonyl (C=O) groups is 1. The van der Waals surface area contributed by atoms with Crippen molar-refractivity contribution in [2.45, 2.75) is 32.6 Å². The molecule has 2 atom stereocenters. The maximum atomic E-state index is 11.6. The summed E-state index contributed by atoms with van der Waals surface area (Å²) in [5.41, 5.74) is 0. The molecule has 0 aliphatic rings. The average Bonchev–Trinajstić information content (AvgIpc) is 2.19. The molecular formula is C11H23NO4. The lowest BCUT2D eigenvalue weighted by molar-refractivity contribution is -0.136. The predicted molar refractivity (Wildman–Crippen MR) is 61.1 cm³/mol. The minimum absolute atomic E-state index is 0.0175. The zero-order valence-electron chi connectivity index (χ0n) is 10.8. The third-order valence-corrected chi connectivity index (χ3v) is 2.25. The molecule has 0 bridgehead atoms. The molecule has 0 aromatic rings. The van der Waals surface area contributed by atoms with Gasteiger partial charge in [-0.25, -0.2) is 0 Å². The summed E-state index contributed by atoms with van der Waals surface area (Å²) in [5, 5.41) is 2.83. The zero-order valence-corrected chi connectivity index (χ0v) is 10.8. The van der Waals surface area contributed by atoms with E-state index >= 15 is 0 Å². The lowest BCUT2D eigenvalue weighted by Crippen LogP contribution is -2.43. The monoisotopic (exact) mass is 233 g/mol. The van der Waals surface area contributed by atoms with Crippen LogP contribution in [-0.4, -0.2) is 46.2 Å². The van der Waals surface area contributed by atoms with Crippen LogP contribution >= 0.6 is 0 Å². The van der Waals surface area contributed by atoms with E-state index in [1.165, 1.54) is 0 Å². The molecule has 0 saturated carbocycles. The number of hydrogen-bond donors (Lipinski definition) is 1. The van der Waals surface area contributed by atoms with Crippen LogP contribution in [0, 0.1) is 5.92 Å². The summed E-state index contributed by atoms with van der Waals surface area (Å²) in [7, 11) is 4.72. The Hall–Kier alpha value is -0.650. The van der Waals surface area contributed by atoms with Crippen LogP contribution in [0.3, 0.4) is 0 Å². The standard InChI is InChI=1S/C11H23NO4/c1-8(7-14-3)6-10(13)12-9(2)11(15-4)16-5/h8-9,11H,6-7H2,1-5H3,(H,12,13). The molecule has 1 amide bonds. The molecule has 0 rings (SSSR count). The highest BCUT2D eigenvalue weighted by Gasteiger charge is 2.18. The molecule has 0 aromatic carbocycles. The van der Waals surface area contributed by atoms with Crippen LogP contribution in [0.4, 0.5) is 0 Å². The fraction of sp³-hybridized carbons (Fsp3) is 0.909. The van der Waals surface area contributed by atoms with Gasteiger partial charge in [-0.1, -0.05) is 6.92 Å². The van der Waals surface area contributed by atoms with Crippen LogP contribution in [0.2, 0.25) is 0 Å². The molecule has 0 aromatic heterocycles. The van der Waals surface area contributed by atoms with Crippen LogP contribution in [0.5, 0.6) is 0 Å². The first kappa shape index (κ1) is 15.3. The number of methoxy groups -OCH3 is 3. The van der Waals surface area contributed by atoms with Crippen molar-refractivity contribution in [2.24, 2.45) is 5.92 Å². The van der Waals surface area contributed by atoms with Crippen molar-refractivity contribution >= 4 is 5.91 Å². The SMILES string of the molecule is COCC(C)CC(=O)NC(C)C(OC)OC. The lowest BCUT2D eigenvalue weighted by atomic mass is 10.1. The number of carbonyl (C=O) groups excluding carboxylic acids is 1. The summed E-state index contributed by atoms with van der Waals surface area (Å²) in [4.78, 5) is 11.6. The summed E-state index contributed by atoms with van der Waals surface area (Å²) in [6, 6.07) is -0.169. The predicted octanol–water partition coefficient (Wildman–Crippen LogP) is 0.783. The van der Waals surface area contributed by atoms with Crippen LogP contribution in [0.15, 0.2) is 0 Å². The number of amides is 1. The molecule has 0 spiro atoms. The second kappa shape index (κ2) is 8.50. The molecule has 0 fully saturated rings. The second-order valence-corrected chi connectivity index (χ2v) is 3.96. The summed E-state index contributed by atoms with van der Waals surface area (Å²) < 4.78 is 15.1. The Morgan fingerprint density at radius 1 is 1.19 bits per heavy atom. The van der Waals surface area contributed by atoms with E-state index in [0.717, 1.165) is 0 Å². The molecule has 5 nitrogen and oxygen atoms in total. The van der Waals surface area contributed by atoms with Gasteiger partial charge >= 0.3 is 0 Å². The van der Waals surface area contributed by atoms with Crippen LogP contribution in [-0.2, 0) is 19.0 Å². The first-order valence-corrected chi connectivity index (χ1v) is 5.39. The summed E-state index contributed by atoms with van der Waals surface area (Å²) in [6.07, 6.45) is 0.0277. The number of nitrogens with one attached hydrogen (secondary N) is 1. The topological polar surface area (TPSA) is 56.8 Å². The van der Waals surface area contributed by atoms with Gasteiger partial charge in [-0.15, -0.1) is 0 Å². The van der Waals surface area contributed by atoms with Crippen molar-refractivity contribution in [1.82, 2.24) is 5.32 Å². The highest BCUT2D eigenvalue weighted by atomic mass is 16.7. The van der Waals surface area contributed by atoms with E-state index in [1.807, 2.05) is 13.8 Å². The van der Waals surface area contributed by atoms with E-state index in [4.69, 9.17) is 14.2 Å². The largest absolute Gasteiger partial charge is 0.384 e. The van der Waals surface area contributed by atoms with Crippen LogP contribution in [0.1, 0.15) is 20.3 Å². The normalized spacial score (nSPS) is 14.9. The number of rotatable bonds is 8. The quantitative estimate of drug-likeness (QED) is 0.630. The first-order valence-electron chi connectivity index (χ1n) is 5.39. The van der Waals surface area contributed by atoms with Gasteiger partial charge in [-0.3, -0.25) is 4.79 Å². The fourth-order valence-corrected chi connectivity index (χ4v) is 1.55. The third kappa shape index (κ3) is 6.05. The third-order valence-electron chi connectivity index (χ3n) is 2.25. The average molecular weight is 233 g/mol. The van der Waals surface area contributed by atoms with E-state index in [9.17, 15) is 4.79 Å². The van der Waals surface area contributed by atoms with E-state index in [1.54, 1.807) is 21.3 Å². The van der Waals surface area contributed by atoms with Gasteiger partial charge < -0.3 is 19.5 Å². The number of hydrogen-bond acceptors (Lipinski definition) is 4. The van der Waals surface area contributed by atoms with Gasteiger partial charge in [0.05, 0.1) is 6.04 Å². The van der Waals surface area contributed by atoms with Crippen molar-refractivity contribution in [3.05, 3.63) is 0 Å². The summed E-state index contributed by atoms with van der Waals surface area (Å²) >= 11 is 0. The molecule has 96 valence electrons. The molecule has 0 radical (unpaired) electrons. The van der Waals surface area contributed by atoms with Crippen molar-refractivity contribution in [2.75, 3.05) is 27.9 Å². The van der Waals surface area contributed by atoms with E-state index in [2.05, 4.69) is 5.32 Å². The van der Waals surface area contributed by atoms with E-state index in [-0.39, 0.29) is 17.9 Å². The van der Waals surface area contributed by atoms with E-state index < -0.39 is 6.29 Å². The maximum absolute atomic E-state index is 11.6. The maximum Gasteiger partial charge on any atom is 0.220 e. The van der Waals surface area contributed by atoms with Crippen molar-refractivity contribution in [3.63, 3.8) is 0 Å². The Labute approximate surface area is 97.4 Å². The highest BCUT2D eigenvalue weighted by Crippen LogP contribution is 2.04. The Morgan fingerprint density at radius 3 is 2.19 bits per heavy atom. The van der Waals surface area contributed by atoms with Crippen LogP contribution in [0.25, 0.3) is 0 Å². The molecule has 1 N–H and O–H groups in total. The Bertz CT molecular complexity index is 194. The minimum atomic E-state index is -0.415. The highest BCUT2D eigenvalue weighted by molar-refractivity contribution is 5.76. The molecule has 5 heteroatoms. The van der Waals surface area contributed by atoms with Gasteiger partial charge in [-0.05, 0) is 12.8 Å². The van der Waals surface area contributed by atoms with Crippen molar-refractivity contribution in [1.29, 1.82) is 0 Å². The molecule has 2 unspecified atom stereocenters. The molecular weight excluding hydrogens is 210 g/mol. The number of ether oxygens (including phenoxy) is 3. The van der Waals surface area contributed by atoms with Gasteiger partial charge in [-0.2, -0.15) is 0 Å². The van der Waals surface area contributed by atoms with Gasteiger partial charge in [0.1, 0.15) is 0 Å². The van der Waals surface area contributed by atoms with Crippen LogP contribution < -0.4 is 5.32 Å². The Kier molecular flexibility index (Phi) is 8.15. The lowest BCUT2D eigenvalue weighted by Gasteiger charge is -2.22. The molecule has 0 saturated heterocycles.